The van der Waals surface area contributed by atoms with Crippen molar-refractivity contribution in [2.75, 3.05) is 5.32 Å². The van der Waals surface area contributed by atoms with Crippen LogP contribution in [0.1, 0.15) is 6.92 Å². The molecular formula is C9H9F2NOS. The summed E-state index contributed by atoms with van der Waals surface area (Å²) in [6, 6.07) is 2.85. The molecule has 1 N–H and O–H groups in total. The summed E-state index contributed by atoms with van der Waals surface area (Å²) in [5.41, 5.74) is -0.170. The minimum Gasteiger partial charge on any atom is -0.323 e. The molecule has 1 aromatic rings. The molecule has 0 saturated carbocycles. The zero-order valence-electron chi connectivity index (χ0n) is 7.42. The summed E-state index contributed by atoms with van der Waals surface area (Å²) in [5, 5.41) is 1.65. The van der Waals surface area contributed by atoms with E-state index in [1.54, 1.807) is 0 Å². The van der Waals surface area contributed by atoms with Gasteiger partial charge in [-0.25, -0.2) is 8.78 Å². The molecule has 0 spiro atoms. The first-order chi connectivity index (χ1) is 6.50. The van der Waals surface area contributed by atoms with Gasteiger partial charge in [0.2, 0.25) is 5.91 Å². The molecule has 0 radical (unpaired) electrons. The summed E-state index contributed by atoms with van der Waals surface area (Å²) >= 11 is 3.86. The van der Waals surface area contributed by atoms with Crippen LogP contribution in [0, 0.1) is 11.6 Å². The largest absolute Gasteiger partial charge is 0.323 e. The van der Waals surface area contributed by atoms with Gasteiger partial charge in [0.1, 0.15) is 11.6 Å². The van der Waals surface area contributed by atoms with Gasteiger partial charge in [-0.1, -0.05) is 0 Å². The Hall–Kier alpha value is -1.10. The number of benzene rings is 1. The molecule has 76 valence electrons. The number of halogens is 2. The molecule has 1 unspecified atom stereocenters. The Morgan fingerprint density at radius 3 is 2.71 bits per heavy atom. The van der Waals surface area contributed by atoms with Crippen molar-refractivity contribution in [2.24, 2.45) is 0 Å². The van der Waals surface area contributed by atoms with E-state index >= 15 is 0 Å². The lowest BCUT2D eigenvalue weighted by Crippen LogP contribution is -2.21. The maximum absolute atomic E-state index is 13.0. The number of thiol groups is 1. The quantitative estimate of drug-likeness (QED) is 0.731. The number of hydrogen-bond donors (Lipinski definition) is 2. The van der Waals surface area contributed by atoms with Crippen molar-refractivity contribution in [3.63, 3.8) is 0 Å². The molecule has 5 heteroatoms. The van der Waals surface area contributed by atoms with E-state index < -0.39 is 22.8 Å². The monoisotopic (exact) mass is 217 g/mol. The maximum Gasteiger partial charge on any atom is 0.237 e. The fraction of sp³-hybridized carbons (Fsp3) is 0.222. The molecule has 0 aliphatic rings. The third kappa shape index (κ3) is 2.70. The second-order valence-electron chi connectivity index (χ2n) is 2.79. The summed E-state index contributed by atoms with van der Waals surface area (Å²) in [7, 11) is 0. The smallest absolute Gasteiger partial charge is 0.237 e. The van der Waals surface area contributed by atoms with Crippen LogP contribution in [0.2, 0.25) is 0 Å². The van der Waals surface area contributed by atoms with Crippen LogP contribution in [0.5, 0.6) is 0 Å². The molecule has 0 aromatic heterocycles. The molecule has 1 rings (SSSR count). The van der Waals surface area contributed by atoms with Crippen LogP contribution >= 0.6 is 12.6 Å². The average Bonchev–Trinajstić information content (AvgIpc) is 2.11. The fourth-order valence-corrected chi connectivity index (χ4v) is 0.895. The zero-order chi connectivity index (χ0) is 10.7. The van der Waals surface area contributed by atoms with E-state index in [-0.39, 0.29) is 5.69 Å². The molecule has 2 nitrogen and oxygen atoms in total. The van der Waals surface area contributed by atoms with E-state index in [1.807, 2.05) is 0 Å². The van der Waals surface area contributed by atoms with E-state index in [0.717, 1.165) is 18.2 Å². The number of nitrogens with one attached hydrogen (secondary N) is 1. The van der Waals surface area contributed by atoms with Crippen molar-refractivity contribution in [2.45, 2.75) is 12.2 Å². The van der Waals surface area contributed by atoms with Gasteiger partial charge in [-0.15, -0.1) is 0 Å². The topological polar surface area (TPSA) is 29.1 Å². The van der Waals surface area contributed by atoms with Crippen molar-refractivity contribution in [1.82, 2.24) is 0 Å². The van der Waals surface area contributed by atoms with Gasteiger partial charge in [-0.2, -0.15) is 12.6 Å². The lowest BCUT2D eigenvalue weighted by molar-refractivity contribution is -0.115. The lowest BCUT2D eigenvalue weighted by Gasteiger charge is -2.07. The van der Waals surface area contributed by atoms with Crippen LogP contribution < -0.4 is 5.32 Å². The van der Waals surface area contributed by atoms with Gasteiger partial charge in [0.05, 0.1) is 10.9 Å². The molecule has 1 aromatic carbocycles. The van der Waals surface area contributed by atoms with E-state index in [2.05, 4.69) is 17.9 Å². The highest BCUT2D eigenvalue weighted by molar-refractivity contribution is 7.81. The Labute approximate surface area is 85.7 Å². The van der Waals surface area contributed by atoms with Crippen LogP contribution in [-0.4, -0.2) is 11.2 Å². The van der Waals surface area contributed by atoms with Gasteiger partial charge in [-0.05, 0) is 19.1 Å². The number of amides is 1. The Morgan fingerprint density at radius 2 is 2.14 bits per heavy atom. The molecule has 1 amide bonds. The minimum absolute atomic E-state index is 0.170. The van der Waals surface area contributed by atoms with Gasteiger partial charge in [-0.3, -0.25) is 4.79 Å². The molecule has 0 saturated heterocycles. The number of carbonyl (C=O) groups excluding carboxylic acids is 1. The number of rotatable bonds is 2. The number of anilines is 1. The fourth-order valence-electron chi connectivity index (χ4n) is 0.830. The van der Waals surface area contributed by atoms with Gasteiger partial charge < -0.3 is 5.32 Å². The Bertz CT molecular complexity index is 355. The van der Waals surface area contributed by atoms with Gasteiger partial charge in [0.15, 0.2) is 0 Å². The SMILES string of the molecule is CC(S)C(=O)Nc1cc(F)ccc1F. The van der Waals surface area contributed by atoms with E-state index in [1.165, 1.54) is 6.92 Å². The Morgan fingerprint density at radius 1 is 1.50 bits per heavy atom. The van der Waals surface area contributed by atoms with Crippen molar-refractivity contribution >= 4 is 24.2 Å². The predicted octanol–water partition coefficient (Wildman–Crippen LogP) is 2.22. The maximum atomic E-state index is 13.0. The summed E-state index contributed by atoms with van der Waals surface area (Å²) in [5.74, 6) is -1.75. The lowest BCUT2D eigenvalue weighted by atomic mass is 10.3. The van der Waals surface area contributed by atoms with Gasteiger partial charge in [0.25, 0.3) is 0 Å². The second kappa shape index (κ2) is 4.41. The minimum atomic E-state index is -0.672. The van der Waals surface area contributed by atoms with Crippen LogP contribution in [-0.2, 0) is 4.79 Å². The first-order valence-electron chi connectivity index (χ1n) is 3.94. The van der Waals surface area contributed by atoms with Crippen molar-refractivity contribution in [3.8, 4) is 0 Å². The first kappa shape index (κ1) is 11.0. The van der Waals surface area contributed by atoms with Crippen molar-refractivity contribution in [3.05, 3.63) is 29.8 Å². The van der Waals surface area contributed by atoms with Gasteiger partial charge >= 0.3 is 0 Å². The Kier molecular flexibility index (Phi) is 3.46. The zero-order valence-corrected chi connectivity index (χ0v) is 8.32. The van der Waals surface area contributed by atoms with E-state index in [4.69, 9.17) is 0 Å². The predicted molar refractivity (Wildman–Crippen MR) is 53.4 cm³/mol. The molecule has 0 aliphatic heterocycles. The summed E-state index contributed by atoms with van der Waals surface area (Å²) in [4.78, 5) is 11.1. The molecule has 0 aliphatic carbocycles. The van der Waals surface area contributed by atoms with Crippen molar-refractivity contribution in [1.29, 1.82) is 0 Å². The highest BCUT2D eigenvalue weighted by Gasteiger charge is 2.11. The normalized spacial score (nSPS) is 12.3. The second-order valence-corrected chi connectivity index (χ2v) is 3.56. The van der Waals surface area contributed by atoms with Crippen LogP contribution in [0.25, 0.3) is 0 Å². The highest BCUT2D eigenvalue weighted by Crippen LogP contribution is 2.15. The van der Waals surface area contributed by atoms with Crippen LogP contribution in [0.15, 0.2) is 18.2 Å². The van der Waals surface area contributed by atoms with Crippen molar-refractivity contribution < 1.29 is 13.6 Å². The van der Waals surface area contributed by atoms with Gasteiger partial charge in [0, 0.05) is 6.07 Å². The molecule has 14 heavy (non-hydrogen) atoms. The van der Waals surface area contributed by atoms with Crippen LogP contribution in [0.4, 0.5) is 14.5 Å². The third-order valence-electron chi connectivity index (χ3n) is 1.57. The standard InChI is InChI=1S/C9H9F2NOS/c1-5(14)9(13)12-8-4-6(10)2-3-7(8)11/h2-5,14H,1H3,(H,12,13). The molecular weight excluding hydrogens is 208 g/mol. The Balaban J connectivity index is 2.86. The first-order valence-corrected chi connectivity index (χ1v) is 4.46. The van der Waals surface area contributed by atoms with E-state index in [0.29, 0.717) is 0 Å². The molecule has 1 atom stereocenters. The highest BCUT2D eigenvalue weighted by atomic mass is 32.1. The summed E-state index contributed by atoms with van der Waals surface area (Å²) in [6.07, 6.45) is 0. The number of hydrogen-bond acceptors (Lipinski definition) is 2. The molecule has 0 heterocycles. The summed E-state index contributed by atoms with van der Waals surface area (Å²) in [6.45, 7) is 1.54. The van der Waals surface area contributed by atoms with E-state index in [9.17, 15) is 13.6 Å². The third-order valence-corrected chi connectivity index (χ3v) is 1.80. The summed E-state index contributed by atoms with van der Waals surface area (Å²) < 4.78 is 25.6. The van der Waals surface area contributed by atoms with Crippen LogP contribution in [0.3, 0.4) is 0 Å². The average molecular weight is 217 g/mol. The number of carbonyl (C=O) groups is 1. The molecule has 0 bridgehead atoms. The molecule has 0 fully saturated rings.